The van der Waals surface area contributed by atoms with Gasteiger partial charge in [-0.15, -0.1) is 0 Å². The van der Waals surface area contributed by atoms with Gasteiger partial charge in [-0.2, -0.15) is 0 Å². The first-order valence-electron chi connectivity index (χ1n) is 19.0. The van der Waals surface area contributed by atoms with Gasteiger partial charge in [-0.05, 0) is 109 Å². The van der Waals surface area contributed by atoms with Crippen LogP contribution in [0.15, 0.2) is 129 Å². The molecule has 51 heavy (non-hydrogen) atoms. The zero-order chi connectivity index (χ0) is 35.2. The second kappa shape index (κ2) is 16.7. The summed E-state index contributed by atoms with van der Waals surface area (Å²) in [5, 5.41) is 0. The molecule has 2 nitrogen and oxygen atoms in total. The fraction of sp³-hybridized carbons (Fsp3) is 0.319. The Morgan fingerprint density at radius 2 is 1.06 bits per heavy atom. The first-order valence-corrected chi connectivity index (χ1v) is 20.7. The van der Waals surface area contributed by atoms with Crippen LogP contribution in [-0.2, 0) is 6.42 Å². The highest BCUT2D eigenvalue weighted by Crippen LogP contribution is 2.42. The Hall–Kier alpha value is -3.86. The molecule has 2 aliphatic rings. The van der Waals surface area contributed by atoms with Crippen LogP contribution in [0.4, 0.5) is 0 Å². The highest BCUT2D eigenvalue weighted by atomic mass is 32.2. The summed E-state index contributed by atoms with van der Waals surface area (Å²) >= 11 is 3.10. The lowest BCUT2D eigenvalue weighted by atomic mass is 9.77. The van der Waals surface area contributed by atoms with E-state index in [1.165, 1.54) is 86.5 Å². The average molecular weight is 709 g/mol. The maximum absolute atomic E-state index is 14.1. The minimum atomic E-state index is -0.0817. The molecule has 0 bridgehead atoms. The van der Waals surface area contributed by atoms with Crippen molar-refractivity contribution in [2.75, 3.05) is 0 Å². The number of rotatable bonds is 13. The molecule has 0 atom stereocenters. The Morgan fingerprint density at radius 3 is 1.59 bits per heavy atom. The molecule has 0 amide bonds. The number of carbonyl (C=O) groups excluding carboxylic acids is 2. The zero-order valence-electron chi connectivity index (χ0n) is 30.0. The van der Waals surface area contributed by atoms with E-state index in [4.69, 9.17) is 0 Å². The van der Waals surface area contributed by atoms with Crippen molar-refractivity contribution >= 4 is 35.1 Å². The minimum Gasteiger partial charge on any atom is -0.289 e. The Morgan fingerprint density at radius 1 is 0.549 bits per heavy atom. The smallest absolute Gasteiger partial charge is 0.195 e. The SMILES string of the molecule is CCCCCC1CCC(c2ccc(-c3ccc(Sc4cccc5c4C(=O)c4cccc(Sc6ccc(CCCC)cc6)c4C5=O)cc3)cc2)CC1. The number of fused-ring (bicyclic) bond motifs is 2. The monoisotopic (exact) mass is 708 g/mol. The maximum atomic E-state index is 14.1. The standard InChI is InChI=1S/C47H48O2S2/c1-3-5-7-11-33-16-20-34(21-17-33)35-22-24-36(25-23-35)37-26-30-39(31-27-37)51-43-15-9-13-41-45(43)47(49)40-12-8-14-42(44(40)46(41)48)50-38-28-18-32(19-29-38)10-6-4-2/h8-9,12-15,18-19,22-31,33-34H,3-7,10-11,16-17,20-21H2,1-2H3. The second-order valence-electron chi connectivity index (χ2n) is 14.3. The third-order valence-electron chi connectivity index (χ3n) is 10.8. The molecule has 5 aromatic carbocycles. The van der Waals surface area contributed by atoms with Crippen LogP contribution < -0.4 is 0 Å². The van der Waals surface area contributed by atoms with Gasteiger partial charge in [0.1, 0.15) is 0 Å². The van der Waals surface area contributed by atoms with Crippen molar-refractivity contribution in [2.24, 2.45) is 5.92 Å². The van der Waals surface area contributed by atoms with Crippen LogP contribution in [0.5, 0.6) is 0 Å². The molecular weight excluding hydrogens is 661 g/mol. The number of ketones is 2. The first-order chi connectivity index (χ1) is 25.0. The van der Waals surface area contributed by atoms with Crippen molar-refractivity contribution in [3.05, 3.63) is 143 Å². The lowest BCUT2D eigenvalue weighted by Gasteiger charge is -2.29. The molecule has 0 aliphatic heterocycles. The van der Waals surface area contributed by atoms with Crippen LogP contribution in [0.25, 0.3) is 11.1 Å². The van der Waals surface area contributed by atoms with Crippen molar-refractivity contribution in [1.29, 1.82) is 0 Å². The largest absolute Gasteiger partial charge is 0.289 e. The van der Waals surface area contributed by atoms with Gasteiger partial charge in [0.2, 0.25) is 0 Å². The minimum absolute atomic E-state index is 0.0801. The van der Waals surface area contributed by atoms with Crippen molar-refractivity contribution in [3.8, 4) is 11.1 Å². The number of unbranched alkanes of at least 4 members (excludes halogenated alkanes) is 3. The van der Waals surface area contributed by atoms with Crippen LogP contribution in [-0.4, -0.2) is 11.6 Å². The Labute approximate surface area is 312 Å². The summed E-state index contributed by atoms with van der Waals surface area (Å²) in [5.74, 6) is 1.46. The number of hydrogen-bond acceptors (Lipinski definition) is 4. The summed E-state index contributed by atoms with van der Waals surface area (Å²) in [6.45, 7) is 4.50. The normalized spacial score (nSPS) is 16.9. The van der Waals surface area contributed by atoms with Crippen LogP contribution in [0.3, 0.4) is 0 Å². The topological polar surface area (TPSA) is 34.1 Å². The fourth-order valence-electron chi connectivity index (χ4n) is 7.84. The van der Waals surface area contributed by atoms with Crippen molar-refractivity contribution in [1.82, 2.24) is 0 Å². The fourth-order valence-corrected chi connectivity index (χ4v) is 9.79. The number of aryl methyl sites for hydroxylation is 1. The molecule has 2 aliphatic carbocycles. The number of carbonyl (C=O) groups is 2. The molecule has 5 aromatic rings. The molecule has 1 saturated carbocycles. The second-order valence-corrected chi connectivity index (χ2v) is 16.6. The van der Waals surface area contributed by atoms with E-state index in [2.05, 4.69) is 86.6 Å². The van der Waals surface area contributed by atoms with E-state index in [9.17, 15) is 9.59 Å². The summed E-state index contributed by atoms with van der Waals surface area (Å²) in [7, 11) is 0. The Kier molecular flexibility index (Phi) is 11.6. The molecule has 0 radical (unpaired) electrons. The quantitative estimate of drug-likeness (QED) is 0.112. The van der Waals surface area contributed by atoms with Crippen molar-refractivity contribution in [2.45, 2.75) is 110 Å². The number of hydrogen-bond donors (Lipinski definition) is 0. The van der Waals surface area contributed by atoms with Gasteiger partial charge in [-0.3, -0.25) is 9.59 Å². The van der Waals surface area contributed by atoms with Gasteiger partial charge in [-0.25, -0.2) is 0 Å². The molecular formula is C47H48O2S2. The van der Waals surface area contributed by atoms with Gasteiger partial charge in [0.05, 0.1) is 0 Å². The third kappa shape index (κ3) is 8.13. The summed E-state index contributed by atoms with van der Waals surface area (Å²) < 4.78 is 0. The molecule has 0 heterocycles. The van der Waals surface area contributed by atoms with Crippen LogP contribution in [0, 0.1) is 5.92 Å². The lowest BCUT2D eigenvalue weighted by Crippen LogP contribution is -2.22. The molecule has 260 valence electrons. The Bertz CT molecular complexity index is 1970. The van der Waals surface area contributed by atoms with Crippen LogP contribution in [0.2, 0.25) is 0 Å². The molecule has 0 spiro atoms. The van der Waals surface area contributed by atoms with Gasteiger partial charge in [0.15, 0.2) is 11.6 Å². The summed E-state index contributed by atoms with van der Waals surface area (Å²) in [6.07, 6.45) is 14.3. The van der Waals surface area contributed by atoms with E-state index in [1.54, 1.807) is 35.7 Å². The predicted octanol–water partition coefficient (Wildman–Crippen LogP) is 13.6. The van der Waals surface area contributed by atoms with E-state index in [0.717, 1.165) is 31.9 Å². The van der Waals surface area contributed by atoms with E-state index >= 15 is 0 Å². The van der Waals surface area contributed by atoms with E-state index in [-0.39, 0.29) is 11.6 Å². The molecule has 1 fully saturated rings. The molecule has 4 heteroatoms. The highest BCUT2D eigenvalue weighted by molar-refractivity contribution is 7.99. The van der Waals surface area contributed by atoms with Crippen molar-refractivity contribution < 1.29 is 9.59 Å². The molecule has 7 rings (SSSR count). The first kappa shape index (κ1) is 35.5. The van der Waals surface area contributed by atoms with Gasteiger partial charge >= 0.3 is 0 Å². The highest BCUT2D eigenvalue weighted by Gasteiger charge is 2.34. The predicted molar refractivity (Wildman–Crippen MR) is 214 cm³/mol. The Balaban J connectivity index is 1.03. The molecule has 0 unspecified atom stereocenters. The van der Waals surface area contributed by atoms with Crippen LogP contribution in [0.1, 0.15) is 127 Å². The number of benzene rings is 5. The molecule has 0 saturated heterocycles. The molecule has 0 N–H and O–H groups in total. The maximum Gasteiger partial charge on any atom is 0.195 e. The van der Waals surface area contributed by atoms with Crippen LogP contribution >= 0.6 is 23.5 Å². The molecule has 0 aromatic heterocycles. The third-order valence-corrected chi connectivity index (χ3v) is 13.0. The lowest BCUT2D eigenvalue weighted by molar-refractivity contribution is 0.0974. The van der Waals surface area contributed by atoms with E-state index in [0.29, 0.717) is 28.2 Å². The summed E-state index contributed by atoms with van der Waals surface area (Å²) in [6, 6.07) is 37.7. The zero-order valence-corrected chi connectivity index (χ0v) is 31.6. The van der Waals surface area contributed by atoms with E-state index in [1.807, 2.05) is 24.3 Å². The summed E-state index contributed by atoms with van der Waals surface area (Å²) in [5.41, 5.74) is 7.21. The van der Waals surface area contributed by atoms with Crippen molar-refractivity contribution in [3.63, 3.8) is 0 Å². The van der Waals surface area contributed by atoms with Gasteiger partial charge in [0, 0.05) is 41.8 Å². The summed E-state index contributed by atoms with van der Waals surface area (Å²) in [4.78, 5) is 31.9. The average Bonchev–Trinajstić information content (AvgIpc) is 3.17. The van der Waals surface area contributed by atoms with Gasteiger partial charge in [0.25, 0.3) is 0 Å². The van der Waals surface area contributed by atoms with Gasteiger partial charge in [-0.1, -0.05) is 142 Å². The van der Waals surface area contributed by atoms with Gasteiger partial charge < -0.3 is 0 Å². The van der Waals surface area contributed by atoms with E-state index < -0.39 is 0 Å².